The number of methoxy groups -OCH3 is 1. The van der Waals surface area contributed by atoms with Crippen LogP contribution in [0, 0.1) is 0 Å². The minimum atomic E-state index is 0.743. The minimum Gasteiger partial charge on any atom is -0.493 e. The number of benzene rings is 1. The molecule has 110 valence electrons. The summed E-state index contributed by atoms with van der Waals surface area (Å²) in [5, 5.41) is 0. The standard InChI is InChI=1S/C16H24N2O2/c1-19-15-7-5-6-14-16(15)20-13-12-18(14)11-10-17-8-3-2-4-9-17/h5-7H,2-4,8-13H2,1H3. The fourth-order valence-electron chi connectivity index (χ4n) is 3.11. The third-order valence-corrected chi connectivity index (χ3v) is 4.26. The highest BCUT2D eigenvalue weighted by Crippen LogP contribution is 2.39. The van der Waals surface area contributed by atoms with Crippen LogP contribution in [0.2, 0.25) is 0 Å². The summed E-state index contributed by atoms with van der Waals surface area (Å²) in [6, 6.07) is 6.14. The second kappa shape index (κ2) is 6.35. The van der Waals surface area contributed by atoms with E-state index in [0.717, 1.165) is 37.7 Å². The van der Waals surface area contributed by atoms with Gasteiger partial charge in [-0.2, -0.15) is 0 Å². The van der Waals surface area contributed by atoms with Gasteiger partial charge in [0.25, 0.3) is 0 Å². The zero-order valence-corrected chi connectivity index (χ0v) is 12.3. The molecule has 0 aliphatic carbocycles. The molecule has 2 aliphatic rings. The van der Waals surface area contributed by atoms with E-state index in [9.17, 15) is 0 Å². The van der Waals surface area contributed by atoms with Gasteiger partial charge in [-0.3, -0.25) is 0 Å². The molecule has 1 aromatic carbocycles. The molecule has 1 aromatic rings. The SMILES string of the molecule is COc1cccc2c1OCCN2CCN1CCCCC1. The Balaban J connectivity index is 1.67. The average molecular weight is 276 g/mol. The number of anilines is 1. The molecule has 0 spiro atoms. The fourth-order valence-corrected chi connectivity index (χ4v) is 3.11. The summed E-state index contributed by atoms with van der Waals surface area (Å²) in [6.07, 6.45) is 4.11. The molecule has 1 saturated heterocycles. The van der Waals surface area contributed by atoms with E-state index in [0.29, 0.717) is 0 Å². The number of ether oxygens (including phenoxy) is 2. The summed E-state index contributed by atoms with van der Waals surface area (Å²) < 4.78 is 11.2. The average Bonchev–Trinajstić information content (AvgIpc) is 2.53. The molecule has 0 unspecified atom stereocenters. The normalized spacial score (nSPS) is 19.4. The molecule has 0 atom stereocenters. The molecule has 2 aliphatic heterocycles. The van der Waals surface area contributed by atoms with Crippen LogP contribution in [0.15, 0.2) is 18.2 Å². The van der Waals surface area contributed by atoms with E-state index in [1.807, 2.05) is 12.1 Å². The Morgan fingerprint density at radius 3 is 2.75 bits per heavy atom. The van der Waals surface area contributed by atoms with Crippen LogP contribution in [0.25, 0.3) is 0 Å². The number of rotatable bonds is 4. The van der Waals surface area contributed by atoms with Gasteiger partial charge in [0.2, 0.25) is 0 Å². The van der Waals surface area contributed by atoms with Crippen molar-refractivity contribution in [2.45, 2.75) is 19.3 Å². The molecular weight excluding hydrogens is 252 g/mol. The van der Waals surface area contributed by atoms with Gasteiger partial charge < -0.3 is 19.3 Å². The summed E-state index contributed by atoms with van der Waals surface area (Å²) in [6.45, 7) is 6.45. The number of para-hydroxylation sites is 1. The molecule has 0 saturated carbocycles. The van der Waals surface area contributed by atoms with Crippen LogP contribution in [0.5, 0.6) is 11.5 Å². The van der Waals surface area contributed by atoms with Gasteiger partial charge in [-0.25, -0.2) is 0 Å². The summed E-state index contributed by atoms with van der Waals surface area (Å²) in [5.74, 6) is 1.74. The van der Waals surface area contributed by atoms with E-state index >= 15 is 0 Å². The predicted octanol–water partition coefficient (Wildman–Crippen LogP) is 2.38. The molecule has 0 radical (unpaired) electrons. The summed E-state index contributed by atoms with van der Waals surface area (Å²) >= 11 is 0. The van der Waals surface area contributed by atoms with E-state index < -0.39 is 0 Å². The van der Waals surface area contributed by atoms with Crippen LogP contribution >= 0.6 is 0 Å². The van der Waals surface area contributed by atoms with Crippen molar-refractivity contribution in [2.24, 2.45) is 0 Å². The molecule has 4 heteroatoms. The van der Waals surface area contributed by atoms with E-state index in [2.05, 4.69) is 15.9 Å². The lowest BCUT2D eigenvalue weighted by Crippen LogP contribution is -2.41. The minimum absolute atomic E-state index is 0.743. The van der Waals surface area contributed by atoms with Gasteiger partial charge >= 0.3 is 0 Å². The summed E-state index contributed by atoms with van der Waals surface area (Å²) in [5.41, 5.74) is 1.17. The van der Waals surface area contributed by atoms with Gasteiger partial charge in [0.1, 0.15) is 6.61 Å². The third-order valence-electron chi connectivity index (χ3n) is 4.26. The van der Waals surface area contributed by atoms with Crippen molar-refractivity contribution in [2.75, 3.05) is 51.3 Å². The molecule has 0 bridgehead atoms. The highest BCUT2D eigenvalue weighted by atomic mass is 16.5. The molecule has 4 nitrogen and oxygen atoms in total. The molecule has 0 amide bonds. The topological polar surface area (TPSA) is 24.9 Å². The molecule has 2 heterocycles. The highest BCUT2D eigenvalue weighted by molar-refractivity contribution is 5.65. The Bertz CT molecular complexity index is 444. The third kappa shape index (κ3) is 2.85. The molecule has 3 rings (SSSR count). The van der Waals surface area contributed by atoms with Gasteiger partial charge in [-0.1, -0.05) is 12.5 Å². The Hall–Kier alpha value is -1.42. The number of fused-ring (bicyclic) bond motifs is 1. The quantitative estimate of drug-likeness (QED) is 0.843. The van der Waals surface area contributed by atoms with Crippen LogP contribution in [-0.4, -0.2) is 51.3 Å². The number of piperidine rings is 1. The van der Waals surface area contributed by atoms with Crippen LogP contribution in [0.1, 0.15) is 19.3 Å². The summed E-state index contributed by atoms with van der Waals surface area (Å²) in [4.78, 5) is 5.01. The fraction of sp³-hybridized carbons (Fsp3) is 0.625. The lowest BCUT2D eigenvalue weighted by atomic mass is 10.1. The zero-order valence-electron chi connectivity index (χ0n) is 12.3. The van der Waals surface area contributed by atoms with E-state index in [1.54, 1.807) is 7.11 Å². The van der Waals surface area contributed by atoms with Crippen LogP contribution < -0.4 is 14.4 Å². The van der Waals surface area contributed by atoms with Crippen LogP contribution in [0.3, 0.4) is 0 Å². The summed E-state index contributed by atoms with van der Waals surface area (Å²) in [7, 11) is 1.70. The lowest BCUT2D eigenvalue weighted by molar-refractivity contribution is 0.228. The first-order valence-corrected chi connectivity index (χ1v) is 7.65. The smallest absolute Gasteiger partial charge is 0.184 e. The molecular formula is C16H24N2O2. The molecule has 0 aromatic heterocycles. The Labute approximate surface area is 121 Å². The van der Waals surface area contributed by atoms with Crippen molar-refractivity contribution in [3.63, 3.8) is 0 Å². The van der Waals surface area contributed by atoms with Gasteiger partial charge in [-0.15, -0.1) is 0 Å². The van der Waals surface area contributed by atoms with Crippen molar-refractivity contribution in [3.05, 3.63) is 18.2 Å². The molecule has 0 N–H and O–H groups in total. The van der Waals surface area contributed by atoms with Crippen LogP contribution in [-0.2, 0) is 0 Å². The van der Waals surface area contributed by atoms with Crippen LogP contribution in [0.4, 0.5) is 5.69 Å². The monoisotopic (exact) mass is 276 g/mol. The second-order valence-corrected chi connectivity index (χ2v) is 5.55. The largest absolute Gasteiger partial charge is 0.493 e. The van der Waals surface area contributed by atoms with Crippen molar-refractivity contribution in [1.29, 1.82) is 0 Å². The first-order chi connectivity index (χ1) is 9.88. The van der Waals surface area contributed by atoms with Gasteiger partial charge in [0, 0.05) is 13.1 Å². The number of hydrogen-bond donors (Lipinski definition) is 0. The van der Waals surface area contributed by atoms with Gasteiger partial charge in [0.15, 0.2) is 11.5 Å². The van der Waals surface area contributed by atoms with Crippen molar-refractivity contribution < 1.29 is 9.47 Å². The van der Waals surface area contributed by atoms with Gasteiger partial charge in [0.05, 0.1) is 19.3 Å². The maximum Gasteiger partial charge on any atom is 0.184 e. The highest BCUT2D eigenvalue weighted by Gasteiger charge is 2.22. The lowest BCUT2D eigenvalue weighted by Gasteiger charge is -2.34. The Morgan fingerprint density at radius 2 is 1.95 bits per heavy atom. The maximum atomic E-state index is 5.79. The van der Waals surface area contributed by atoms with E-state index in [1.165, 1.54) is 38.0 Å². The number of hydrogen-bond acceptors (Lipinski definition) is 4. The first kappa shape index (κ1) is 13.6. The van der Waals surface area contributed by atoms with Crippen molar-refractivity contribution in [3.8, 4) is 11.5 Å². The Kier molecular flexibility index (Phi) is 4.31. The first-order valence-electron chi connectivity index (χ1n) is 7.65. The maximum absolute atomic E-state index is 5.79. The molecule has 20 heavy (non-hydrogen) atoms. The molecule has 1 fully saturated rings. The van der Waals surface area contributed by atoms with Crippen molar-refractivity contribution in [1.82, 2.24) is 4.90 Å². The number of nitrogens with zero attached hydrogens (tertiary/aromatic N) is 2. The van der Waals surface area contributed by atoms with Gasteiger partial charge in [-0.05, 0) is 38.1 Å². The van der Waals surface area contributed by atoms with E-state index in [-0.39, 0.29) is 0 Å². The predicted molar refractivity (Wildman–Crippen MR) is 81.0 cm³/mol. The zero-order chi connectivity index (χ0) is 13.8. The number of likely N-dealkylation sites (tertiary alicyclic amines) is 1. The van der Waals surface area contributed by atoms with E-state index in [4.69, 9.17) is 9.47 Å². The Morgan fingerprint density at radius 1 is 1.10 bits per heavy atom. The van der Waals surface area contributed by atoms with Crippen molar-refractivity contribution >= 4 is 5.69 Å². The second-order valence-electron chi connectivity index (χ2n) is 5.55.